The van der Waals surface area contributed by atoms with Gasteiger partial charge in [0.25, 0.3) is 0 Å². The van der Waals surface area contributed by atoms with Crippen LogP contribution in [0.15, 0.2) is 64.0 Å². The van der Waals surface area contributed by atoms with E-state index in [1.807, 2.05) is 3.28 Å². The van der Waals surface area contributed by atoms with E-state index >= 15 is 0 Å². The Morgan fingerprint density at radius 2 is 1.82 bits per heavy atom. The van der Waals surface area contributed by atoms with Gasteiger partial charge in [-0.3, -0.25) is 0 Å². The predicted molar refractivity (Wildman–Crippen MR) is 97.3 cm³/mol. The van der Waals surface area contributed by atoms with Crippen molar-refractivity contribution in [3.8, 4) is 11.1 Å². The van der Waals surface area contributed by atoms with Crippen LogP contribution in [0.3, 0.4) is 0 Å². The third-order valence-corrected chi connectivity index (χ3v) is 23.7. The average Bonchev–Trinajstić information content (AvgIpc) is 3.15. The number of benzene rings is 2. The predicted octanol–water partition coefficient (Wildman–Crippen LogP) is 4.55. The van der Waals surface area contributed by atoms with Crippen molar-refractivity contribution in [2.45, 2.75) is 25.9 Å². The summed E-state index contributed by atoms with van der Waals surface area (Å²) in [6, 6.07) is 16.1. The summed E-state index contributed by atoms with van der Waals surface area (Å²) >= 11 is -1.64. The average molecular weight is 383 g/mol. The van der Waals surface area contributed by atoms with Gasteiger partial charge in [0.1, 0.15) is 0 Å². The van der Waals surface area contributed by atoms with E-state index < -0.39 is 26.8 Å². The molecule has 22 heavy (non-hydrogen) atoms. The minimum Gasteiger partial charge on any atom is -1.00 e. The summed E-state index contributed by atoms with van der Waals surface area (Å²) in [4.78, 5) is 0. The monoisotopic (exact) mass is 381 g/mol. The molecule has 0 heterocycles. The Balaban J connectivity index is 0.00000104. The minimum absolute atomic E-state index is 0. The first kappa shape index (κ1) is 14.6. The second-order valence-electron chi connectivity index (χ2n) is 6.56. The zero-order chi connectivity index (χ0) is 15.1. The van der Waals surface area contributed by atoms with Gasteiger partial charge >= 0.3 is 142 Å². The summed E-state index contributed by atoms with van der Waals surface area (Å²) in [7, 11) is 0. The third-order valence-electron chi connectivity index (χ3n) is 4.84. The molecular formula is C20H23SiZr. The number of hydrogen-bond donors (Lipinski definition) is 0. The summed E-state index contributed by atoms with van der Waals surface area (Å²) < 4.78 is 3.63. The molecule has 0 unspecified atom stereocenters. The van der Waals surface area contributed by atoms with Crippen LogP contribution in [-0.4, -0.2) is 5.92 Å². The quantitative estimate of drug-likeness (QED) is 0.583. The maximum atomic E-state index is 2.58. The molecule has 111 valence electrons. The number of fused-ring (bicyclic) bond motifs is 3. The van der Waals surface area contributed by atoms with Crippen molar-refractivity contribution in [3.05, 3.63) is 75.1 Å². The zero-order valence-corrected chi connectivity index (χ0v) is 16.9. The van der Waals surface area contributed by atoms with E-state index in [2.05, 4.69) is 73.8 Å². The molecule has 2 aromatic carbocycles. The Bertz CT molecular complexity index is 796. The van der Waals surface area contributed by atoms with E-state index in [4.69, 9.17) is 0 Å². The van der Waals surface area contributed by atoms with Gasteiger partial charge in [0.2, 0.25) is 0 Å². The molecule has 0 amide bonds. The molecule has 4 rings (SSSR count). The maximum absolute atomic E-state index is 2.58. The van der Waals surface area contributed by atoms with Gasteiger partial charge in [-0.1, -0.05) is 0 Å². The van der Waals surface area contributed by atoms with Crippen LogP contribution < -0.4 is 3.27 Å². The molecule has 0 bridgehead atoms. The standard InChI is InChI=1S/C13H9.C5H5.C2H7Si.Zr.2H/c1-3-7-12-10(5-1)9-11-6-2-4-8-13(11)12;1-2-4-5-3-1;1-3-2;;;/h1-5,7-8H,9H2;1-3H,4H2;3H,1-2H3;;;/q;;;+2;2*-1. The number of hydrogen-bond acceptors (Lipinski definition) is 0. The molecule has 0 saturated heterocycles. The molecule has 0 atom stereocenters. The first-order chi connectivity index (χ1) is 10.8. The van der Waals surface area contributed by atoms with E-state index in [0.29, 0.717) is 0 Å². The molecule has 2 heteroatoms. The summed E-state index contributed by atoms with van der Waals surface area (Å²) in [6.45, 7) is 5.16. The van der Waals surface area contributed by atoms with Gasteiger partial charge < -0.3 is 2.85 Å². The Labute approximate surface area is 144 Å². The molecule has 2 aliphatic rings. The smallest absolute Gasteiger partial charge is 1.00 e. The SMILES string of the molecule is C[SiH](C)[Zr+2]([C]1=CC=CC1)[c]1cccc2c1Cc1ccccc1-2.[H-].[H-]. The van der Waals surface area contributed by atoms with Crippen LogP contribution in [0, 0.1) is 0 Å². The fourth-order valence-electron chi connectivity index (χ4n) is 3.91. The molecule has 0 radical (unpaired) electrons. The van der Waals surface area contributed by atoms with Gasteiger partial charge in [-0.15, -0.1) is 0 Å². The van der Waals surface area contributed by atoms with Crippen LogP contribution in [0.1, 0.15) is 20.4 Å². The van der Waals surface area contributed by atoms with Crippen molar-refractivity contribution in [1.82, 2.24) is 0 Å². The first-order valence-corrected chi connectivity index (χ1v) is 17.8. The van der Waals surface area contributed by atoms with Gasteiger partial charge in [-0.25, -0.2) is 0 Å². The first-order valence-electron chi connectivity index (χ1n) is 8.19. The van der Waals surface area contributed by atoms with Crippen molar-refractivity contribution in [2.75, 3.05) is 0 Å². The molecule has 0 aromatic heterocycles. The van der Waals surface area contributed by atoms with E-state index in [9.17, 15) is 0 Å². The van der Waals surface area contributed by atoms with E-state index in [0.717, 1.165) is 6.42 Å². The molecule has 0 nitrogen and oxygen atoms in total. The van der Waals surface area contributed by atoms with Crippen LogP contribution in [0.2, 0.25) is 13.1 Å². The second kappa shape index (κ2) is 5.91. The summed E-state index contributed by atoms with van der Waals surface area (Å²) in [6.07, 6.45) is 9.47. The van der Waals surface area contributed by atoms with Crippen LogP contribution in [-0.2, 0) is 27.3 Å². The van der Waals surface area contributed by atoms with Crippen molar-refractivity contribution in [3.63, 3.8) is 0 Å². The normalized spacial score (nSPS) is 15.0. The van der Waals surface area contributed by atoms with Gasteiger partial charge in [0.05, 0.1) is 0 Å². The van der Waals surface area contributed by atoms with Gasteiger partial charge in [-0.05, 0) is 0 Å². The van der Waals surface area contributed by atoms with Crippen LogP contribution in [0.4, 0.5) is 0 Å². The number of allylic oxidation sites excluding steroid dienone is 4. The Morgan fingerprint density at radius 1 is 1.00 bits per heavy atom. The summed E-state index contributed by atoms with van der Waals surface area (Å²) in [5, 5.41) is 0. The van der Waals surface area contributed by atoms with Crippen LogP contribution >= 0.6 is 0 Å². The van der Waals surface area contributed by atoms with Gasteiger partial charge in [-0.2, -0.15) is 0 Å². The fraction of sp³-hybridized carbons (Fsp3) is 0.200. The third kappa shape index (κ3) is 2.37. The largest absolute Gasteiger partial charge is 1.00 e. The molecule has 0 fully saturated rings. The molecular weight excluding hydrogens is 360 g/mol. The maximum Gasteiger partial charge on any atom is -1.00 e. The van der Waals surface area contributed by atoms with Gasteiger partial charge in [0, 0.05) is 0 Å². The van der Waals surface area contributed by atoms with E-state index in [1.54, 1.807) is 8.83 Å². The summed E-state index contributed by atoms with van der Waals surface area (Å²) in [5.74, 6) is -0.609. The molecule has 2 aromatic rings. The van der Waals surface area contributed by atoms with Crippen molar-refractivity contribution >= 4 is 9.19 Å². The van der Waals surface area contributed by atoms with Crippen molar-refractivity contribution in [2.24, 2.45) is 0 Å². The fourth-order valence-corrected chi connectivity index (χ4v) is 22.6. The topological polar surface area (TPSA) is 0 Å². The van der Waals surface area contributed by atoms with Crippen LogP contribution in [0.25, 0.3) is 11.1 Å². The molecule has 0 N–H and O–H groups in total. The van der Waals surface area contributed by atoms with E-state index in [1.165, 1.54) is 23.1 Å². The van der Waals surface area contributed by atoms with Crippen LogP contribution in [0.5, 0.6) is 0 Å². The van der Waals surface area contributed by atoms with Gasteiger partial charge in [0.15, 0.2) is 0 Å². The molecule has 2 aliphatic carbocycles. The zero-order valence-electron chi connectivity index (χ0n) is 15.3. The van der Waals surface area contributed by atoms with Crippen molar-refractivity contribution < 1.29 is 23.8 Å². The Morgan fingerprint density at radius 3 is 2.59 bits per heavy atom. The Hall–Kier alpha value is -0.980. The summed E-state index contributed by atoms with van der Waals surface area (Å²) in [5.41, 5.74) is 6.20. The minimum atomic E-state index is -1.64. The molecule has 0 saturated carbocycles. The second-order valence-corrected chi connectivity index (χ2v) is 25.7. The Kier molecular flexibility index (Phi) is 3.92. The molecule has 0 spiro atoms. The molecule has 0 aliphatic heterocycles. The van der Waals surface area contributed by atoms with E-state index in [-0.39, 0.29) is 2.85 Å². The van der Waals surface area contributed by atoms with Crippen molar-refractivity contribution in [1.29, 1.82) is 0 Å². The number of rotatable bonds is 3.